The normalized spacial score (nSPS) is 11.7. The maximum atomic E-state index is 8.63. The van der Waals surface area contributed by atoms with E-state index in [0.29, 0.717) is 0 Å². The highest BCUT2D eigenvalue weighted by Crippen LogP contribution is 1.81. The molecule has 0 aliphatic carbocycles. The highest BCUT2D eigenvalue weighted by molar-refractivity contribution is 4.47. The van der Waals surface area contributed by atoms with E-state index in [9.17, 15) is 0 Å². The lowest BCUT2D eigenvalue weighted by atomic mass is 10.4. The van der Waals surface area contributed by atoms with Crippen LogP contribution in [0.3, 0.4) is 0 Å². The Hall–Kier alpha value is -0.400. The van der Waals surface area contributed by atoms with Crippen LogP contribution < -0.4 is 0 Å². The van der Waals surface area contributed by atoms with Gasteiger partial charge in [-0.1, -0.05) is 0 Å². The fraction of sp³-hybridized carbons (Fsp3) is 1.00. The number of aliphatic hydroxyl groups is 9. The van der Waals surface area contributed by atoms with E-state index in [1.165, 1.54) is 6.92 Å². The van der Waals surface area contributed by atoms with E-state index >= 15 is 0 Å². The Morgan fingerprint density at radius 2 is 1.05 bits per heavy atom. The summed E-state index contributed by atoms with van der Waals surface area (Å²) >= 11 is 0. The van der Waals surface area contributed by atoms with Crippen molar-refractivity contribution in [2.75, 3.05) is 59.5 Å². The first-order chi connectivity index (χ1) is 10.4. The van der Waals surface area contributed by atoms with E-state index in [1.54, 1.807) is 0 Å². The van der Waals surface area contributed by atoms with Crippen molar-refractivity contribution < 1.29 is 50.7 Å². The second-order valence-corrected chi connectivity index (χ2v) is 3.56. The maximum absolute atomic E-state index is 8.63. The van der Waals surface area contributed by atoms with Gasteiger partial charge in [0.2, 0.25) is 0 Å². The number of hydrogen-bond donors (Lipinski definition) is 9. The maximum Gasteiger partial charge on any atom is 0.100 e. The van der Waals surface area contributed by atoms with Crippen molar-refractivity contribution >= 4 is 0 Å². The van der Waals surface area contributed by atoms with Crippen LogP contribution >= 0.6 is 0 Å². The predicted molar refractivity (Wildman–Crippen MR) is 78.1 cm³/mol. The average molecular weight is 336 g/mol. The van der Waals surface area contributed by atoms with Crippen molar-refractivity contribution in [3.05, 3.63) is 0 Å². The van der Waals surface area contributed by atoms with Crippen LogP contribution in [0.4, 0.5) is 0 Å². The second kappa shape index (κ2) is 32.5. The average Bonchev–Trinajstić information content (AvgIpc) is 2.55. The third-order valence-electron chi connectivity index (χ3n) is 1.22. The summed E-state index contributed by atoms with van der Waals surface area (Å²) in [5.74, 6) is 0. The van der Waals surface area contributed by atoms with Gasteiger partial charge in [-0.2, -0.15) is 0 Å². The largest absolute Gasteiger partial charge is 0.394 e. The molecule has 0 aliphatic heterocycles. The summed E-state index contributed by atoms with van der Waals surface area (Å²) in [6, 6.07) is 0. The topological polar surface area (TPSA) is 191 Å². The molecule has 10 nitrogen and oxygen atoms in total. The summed E-state index contributed by atoms with van der Waals surface area (Å²) in [6.07, 6.45) is -1.38. The molecular weight excluding hydrogens is 304 g/mol. The number of hydrogen-bond acceptors (Lipinski definition) is 10. The Kier molecular flexibility index (Phi) is 43.7. The monoisotopic (exact) mass is 336 g/mol. The number of aliphatic hydroxyl groups excluding tert-OH is 9. The van der Waals surface area contributed by atoms with Crippen LogP contribution in [0.25, 0.3) is 0 Å². The van der Waals surface area contributed by atoms with Gasteiger partial charge in [-0.25, -0.2) is 0 Å². The van der Waals surface area contributed by atoms with Crippen LogP contribution in [0.1, 0.15) is 6.92 Å². The summed E-state index contributed by atoms with van der Waals surface area (Å²) in [4.78, 5) is 0. The van der Waals surface area contributed by atoms with Crippen molar-refractivity contribution in [3.8, 4) is 0 Å². The number of rotatable bonds is 8. The van der Waals surface area contributed by atoms with E-state index in [2.05, 4.69) is 4.74 Å². The van der Waals surface area contributed by atoms with Crippen molar-refractivity contribution in [1.82, 2.24) is 0 Å². The van der Waals surface area contributed by atoms with Gasteiger partial charge in [0.15, 0.2) is 0 Å². The predicted octanol–water partition coefficient (Wildman–Crippen LogP) is -4.35. The Morgan fingerprint density at radius 3 is 1.23 bits per heavy atom. The molecule has 0 saturated heterocycles. The summed E-state index contributed by atoms with van der Waals surface area (Å²) in [5.41, 5.74) is 0. The van der Waals surface area contributed by atoms with Gasteiger partial charge in [0.1, 0.15) is 6.10 Å². The third-order valence-corrected chi connectivity index (χ3v) is 1.22. The van der Waals surface area contributed by atoms with Gasteiger partial charge in [-0.05, 0) is 6.92 Å². The highest BCUT2D eigenvalue weighted by Gasteiger charge is 1.99. The van der Waals surface area contributed by atoms with Gasteiger partial charge in [-0.3, -0.25) is 0 Å². The van der Waals surface area contributed by atoms with Crippen LogP contribution in [0, 0.1) is 0 Å². The van der Waals surface area contributed by atoms with E-state index in [-0.39, 0.29) is 59.5 Å². The minimum absolute atomic E-state index is 0.0574. The molecule has 0 heterocycles. The fourth-order valence-electron chi connectivity index (χ4n) is 0.337. The molecule has 10 heteroatoms. The van der Waals surface area contributed by atoms with Crippen LogP contribution in [0.5, 0.6) is 0 Å². The van der Waals surface area contributed by atoms with Gasteiger partial charge in [0, 0.05) is 0 Å². The van der Waals surface area contributed by atoms with Gasteiger partial charge in [-0.15, -0.1) is 0 Å². The zero-order chi connectivity index (χ0) is 18.2. The lowest BCUT2D eigenvalue weighted by Gasteiger charge is -2.05. The molecule has 0 rings (SSSR count). The Bertz CT molecular complexity index is 140. The first-order valence-electron chi connectivity index (χ1n) is 6.61. The summed E-state index contributed by atoms with van der Waals surface area (Å²) in [7, 11) is 0. The molecule has 2 unspecified atom stereocenters. The summed E-state index contributed by atoms with van der Waals surface area (Å²) in [6.45, 7) is 0.817. The molecule has 0 spiro atoms. The summed E-state index contributed by atoms with van der Waals surface area (Å²) in [5, 5.41) is 71.6. The van der Waals surface area contributed by atoms with Crippen LogP contribution in [-0.2, 0) is 4.74 Å². The van der Waals surface area contributed by atoms with E-state index < -0.39 is 12.2 Å². The second-order valence-electron chi connectivity index (χ2n) is 3.56. The molecular formula is C12H32O10. The molecule has 0 radical (unpaired) electrons. The molecule has 22 heavy (non-hydrogen) atoms. The first-order valence-corrected chi connectivity index (χ1v) is 6.61. The molecule has 0 amide bonds. The molecule has 140 valence electrons. The van der Waals surface area contributed by atoms with Crippen molar-refractivity contribution in [2.45, 2.75) is 19.1 Å². The zero-order valence-corrected chi connectivity index (χ0v) is 13.0. The Labute approximate surface area is 130 Å². The SMILES string of the molecule is CC(O)CO.OCCO.OCCO.OCCOCC(O)CO. The smallest absolute Gasteiger partial charge is 0.100 e. The van der Waals surface area contributed by atoms with Gasteiger partial charge >= 0.3 is 0 Å². The molecule has 0 aromatic rings. The van der Waals surface area contributed by atoms with Gasteiger partial charge in [0.05, 0.1) is 65.6 Å². The quantitative estimate of drug-likeness (QED) is 0.196. The minimum atomic E-state index is -0.823. The summed E-state index contributed by atoms with van der Waals surface area (Å²) < 4.78 is 4.68. The lowest BCUT2D eigenvalue weighted by molar-refractivity contribution is -0.00361. The third kappa shape index (κ3) is 60.3. The molecule has 0 aromatic heterocycles. The van der Waals surface area contributed by atoms with Crippen molar-refractivity contribution in [2.24, 2.45) is 0 Å². The van der Waals surface area contributed by atoms with Crippen molar-refractivity contribution in [1.29, 1.82) is 0 Å². The molecule has 2 atom stereocenters. The molecule has 0 fully saturated rings. The Balaban J connectivity index is -0.000000107. The van der Waals surface area contributed by atoms with Crippen LogP contribution in [-0.4, -0.2) is 118 Å². The Morgan fingerprint density at radius 1 is 0.682 bits per heavy atom. The standard InChI is InChI=1S/C5H12O4.C3H8O2.2C2H6O2/c6-1-2-9-4-5(8)3-7;1-3(5)2-4;2*3-1-2-4/h5-8H,1-4H2;3-5H,2H2,1H3;2*3-4H,1-2H2. The van der Waals surface area contributed by atoms with E-state index in [4.69, 9.17) is 46.0 Å². The fourth-order valence-corrected chi connectivity index (χ4v) is 0.337. The van der Waals surface area contributed by atoms with E-state index in [0.717, 1.165) is 0 Å². The highest BCUT2D eigenvalue weighted by atomic mass is 16.5. The van der Waals surface area contributed by atoms with Crippen LogP contribution in [0.2, 0.25) is 0 Å². The van der Waals surface area contributed by atoms with Crippen molar-refractivity contribution in [3.63, 3.8) is 0 Å². The first kappa shape index (κ1) is 29.6. The molecule has 0 aromatic carbocycles. The molecule has 0 aliphatic rings. The molecule has 0 bridgehead atoms. The van der Waals surface area contributed by atoms with Crippen LogP contribution in [0.15, 0.2) is 0 Å². The minimum Gasteiger partial charge on any atom is -0.394 e. The zero-order valence-electron chi connectivity index (χ0n) is 13.0. The van der Waals surface area contributed by atoms with Gasteiger partial charge in [0.25, 0.3) is 0 Å². The lowest BCUT2D eigenvalue weighted by Crippen LogP contribution is -2.20. The molecule has 0 saturated carbocycles. The van der Waals surface area contributed by atoms with Gasteiger partial charge < -0.3 is 50.7 Å². The number of ether oxygens (including phenoxy) is 1. The molecule has 9 N–H and O–H groups in total. The van der Waals surface area contributed by atoms with E-state index in [1.807, 2.05) is 0 Å².